The minimum absolute atomic E-state index is 0.306. The van der Waals surface area contributed by atoms with Gasteiger partial charge in [0, 0.05) is 13.1 Å². The zero-order valence-electron chi connectivity index (χ0n) is 28.9. The molecule has 1 heterocycles. The van der Waals surface area contributed by atoms with Gasteiger partial charge in [-0.1, -0.05) is 142 Å². The van der Waals surface area contributed by atoms with Gasteiger partial charge in [-0.2, -0.15) is 0 Å². The number of aliphatic hydroxyl groups excluding tert-OH is 3. The van der Waals surface area contributed by atoms with Gasteiger partial charge < -0.3 is 36.4 Å². The predicted molar refractivity (Wildman–Crippen MR) is 182 cm³/mol. The van der Waals surface area contributed by atoms with E-state index in [1.165, 1.54) is 101 Å². The van der Waals surface area contributed by atoms with Crippen LogP contribution in [0.2, 0.25) is 0 Å². The molecular weight excluding hydrogens is 572 g/mol. The maximum Gasteiger partial charge on any atom is 0.319 e. The number of ether oxygens (including phenoxy) is 1. The number of hydrogen-bond acceptors (Lipinski definition) is 7. The smallest absolute Gasteiger partial charge is 0.319 e. The van der Waals surface area contributed by atoms with E-state index in [1.807, 2.05) is 0 Å². The van der Waals surface area contributed by atoms with Crippen molar-refractivity contribution in [3.8, 4) is 0 Å². The average Bonchev–Trinajstić information content (AvgIpc) is 3.04. The van der Waals surface area contributed by atoms with E-state index in [2.05, 4.69) is 24.5 Å². The number of unbranched alkanes of at least 4 members (excludes halogenated alkanes) is 20. The Bertz CT molecular complexity index is 730. The fraction of sp³-hybridized carbons (Fsp3) is 0.943. The van der Waals surface area contributed by atoms with Crippen LogP contribution in [0.25, 0.3) is 0 Å². The van der Waals surface area contributed by atoms with E-state index in [1.54, 1.807) is 0 Å². The van der Waals surface area contributed by atoms with Crippen LogP contribution in [0.15, 0.2) is 0 Å². The second-order valence-electron chi connectivity index (χ2n) is 13.0. The molecule has 1 saturated heterocycles. The molecule has 0 spiro atoms. The lowest BCUT2D eigenvalue weighted by Crippen LogP contribution is -2.69. The number of nitrogens with one attached hydrogen (secondary N) is 2. The first kappa shape index (κ1) is 41.6. The van der Waals surface area contributed by atoms with E-state index in [4.69, 9.17) is 10.5 Å². The summed E-state index contributed by atoms with van der Waals surface area (Å²) < 4.78 is 5.97. The van der Waals surface area contributed by atoms with Crippen molar-refractivity contribution < 1.29 is 29.6 Å². The molecule has 3 amide bonds. The molecule has 0 radical (unpaired) electrons. The van der Waals surface area contributed by atoms with Crippen molar-refractivity contribution in [2.24, 2.45) is 5.73 Å². The summed E-state index contributed by atoms with van der Waals surface area (Å²) in [4.78, 5) is 27.2. The van der Waals surface area contributed by atoms with Crippen LogP contribution in [0.4, 0.5) is 4.79 Å². The topological polar surface area (TPSA) is 157 Å². The second kappa shape index (κ2) is 27.6. The third-order valence-electron chi connectivity index (χ3n) is 9.04. The van der Waals surface area contributed by atoms with Crippen molar-refractivity contribution in [2.75, 3.05) is 26.2 Å². The maximum atomic E-state index is 13.5. The molecule has 0 aromatic rings. The summed E-state index contributed by atoms with van der Waals surface area (Å²) in [6, 6.07) is -1.43. The minimum Gasteiger partial charge on any atom is -0.394 e. The summed E-state index contributed by atoms with van der Waals surface area (Å²) in [5, 5.41) is 36.8. The molecule has 5 atom stereocenters. The highest BCUT2D eigenvalue weighted by atomic mass is 16.5. The Labute approximate surface area is 274 Å². The minimum atomic E-state index is -1.43. The standard InChI is InChI=1S/C35H70N4O6/c1-3-5-7-9-11-13-15-16-17-19-21-23-25-37-35(44)39(26-24-22-20-18-14-12-10-8-6-4-2)34-31(38-30(41)27-36)33(43)32(42)29(28-40)45-34/h29,31-34,40,42-43H,3-28,36H2,1-2H3,(H,37,44)(H,38,41)/t29-,31-,32-,33-,34-/m1/s1. The third-order valence-corrected chi connectivity index (χ3v) is 9.04. The van der Waals surface area contributed by atoms with Crippen molar-refractivity contribution in [3.05, 3.63) is 0 Å². The maximum absolute atomic E-state index is 13.5. The van der Waals surface area contributed by atoms with E-state index in [-0.39, 0.29) is 12.6 Å². The van der Waals surface area contributed by atoms with Gasteiger partial charge in [-0.05, 0) is 12.8 Å². The number of urea groups is 1. The first-order valence-electron chi connectivity index (χ1n) is 18.6. The van der Waals surface area contributed by atoms with Gasteiger partial charge in [0.1, 0.15) is 24.4 Å². The number of nitrogens with zero attached hydrogens (tertiary/aromatic N) is 1. The summed E-state index contributed by atoms with van der Waals surface area (Å²) in [5.74, 6) is -0.530. The zero-order chi connectivity index (χ0) is 33.1. The van der Waals surface area contributed by atoms with Gasteiger partial charge in [0.25, 0.3) is 0 Å². The van der Waals surface area contributed by atoms with Gasteiger partial charge in [0.15, 0.2) is 6.23 Å². The summed E-state index contributed by atoms with van der Waals surface area (Å²) in [5.41, 5.74) is 5.51. The lowest BCUT2D eigenvalue weighted by molar-refractivity contribution is -0.224. The summed E-state index contributed by atoms with van der Waals surface area (Å²) in [7, 11) is 0. The van der Waals surface area contributed by atoms with E-state index in [9.17, 15) is 24.9 Å². The molecule has 0 saturated carbocycles. The highest BCUT2D eigenvalue weighted by Crippen LogP contribution is 2.25. The SMILES string of the molecule is CCCCCCCCCCCCCCNC(=O)N(CCCCCCCCCCCC)[C@@H]1O[C@H](CO)[C@@H](O)[C@H](O)[C@H]1NC(=O)CN. The van der Waals surface area contributed by atoms with E-state index >= 15 is 0 Å². The summed E-state index contributed by atoms with van der Waals surface area (Å²) in [6.45, 7) is 4.52. The van der Waals surface area contributed by atoms with E-state index in [0.717, 1.165) is 44.9 Å². The Morgan fingerprint density at radius 1 is 0.689 bits per heavy atom. The van der Waals surface area contributed by atoms with Gasteiger partial charge in [-0.25, -0.2) is 4.79 Å². The second-order valence-corrected chi connectivity index (χ2v) is 13.0. The lowest BCUT2D eigenvalue weighted by Gasteiger charge is -2.46. The number of aliphatic hydroxyl groups is 3. The average molecular weight is 643 g/mol. The van der Waals surface area contributed by atoms with Crippen LogP contribution >= 0.6 is 0 Å². The van der Waals surface area contributed by atoms with Gasteiger partial charge in [-0.3, -0.25) is 9.69 Å². The first-order valence-corrected chi connectivity index (χ1v) is 18.6. The molecule has 7 N–H and O–H groups in total. The van der Waals surface area contributed by atoms with Crippen LogP contribution in [0.3, 0.4) is 0 Å². The highest BCUT2D eigenvalue weighted by Gasteiger charge is 2.48. The third kappa shape index (κ3) is 18.5. The molecule has 1 aliphatic heterocycles. The van der Waals surface area contributed by atoms with E-state index in [0.29, 0.717) is 13.1 Å². The van der Waals surface area contributed by atoms with Gasteiger partial charge in [-0.15, -0.1) is 0 Å². The molecule has 45 heavy (non-hydrogen) atoms. The van der Waals surface area contributed by atoms with Crippen LogP contribution in [0.5, 0.6) is 0 Å². The Morgan fingerprint density at radius 3 is 1.58 bits per heavy atom. The largest absolute Gasteiger partial charge is 0.394 e. The van der Waals surface area contributed by atoms with Crippen molar-refractivity contribution in [3.63, 3.8) is 0 Å². The molecular formula is C35H70N4O6. The Hall–Kier alpha value is -1.46. The fourth-order valence-corrected chi connectivity index (χ4v) is 6.14. The predicted octanol–water partition coefficient (Wildman–Crippen LogP) is 5.50. The molecule has 0 aliphatic carbocycles. The summed E-state index contributed by atoms with van der Waals surface area (Å²) in [6.07, 6.45) is 21.4. The van der Waals surface area contributed by atoms with Crippen LogP contribution in [-0.4, -0.2) is 89.0 Å². The van der Waals surface area contributed by atoms with Crippen LogP contribution in [-0.2, 0) is 9.53 Å². The quantitative estimate of drug-likeness (QED) is 0.0615. The van der Waals surface area contributed by atoms with Crippen molar-refractivity contribution in [1.82, 2.24) is 15.5 Å². The number of rotatable bonds is 28. The normalized spacial score (nSPS) is 21.5. The van der Waals surface area contributed by atoms with Gasteiger partial charge in [0.2, 0.25) is 5.91 Å². The van der Waals surface area contributed by atoms with E-state index < -0.39 is 43.1 Å². The van der Waals surface area contributed by atoms with Crippen molar-refractivity contribution in [2.45, 2.75) is 186 Å². The number of carbonyl (C=O) groups excluding carboxylic acids is 2. The number of hydrogen-bond donors (Lipinski definition) is 6. The lowest BCUT2D eigenvalue weighted by atomic mass is 9.95. The molecule has 1 fully saturated rings. The molecule has 0 unspecified atom stereocenters. The fourth-order valence-electron chi connectivity index (χ4n) is 6.14. The Kier molecular flexibility index (Phi) is 25.5. The molecule has 0 bridgehead atoms. The highest BCUT2D eigenvalue weighted by molar-refractivity contribution is 5.78. The molecule has 1 aliphatic rings. The van der Waals surface area contributed by atoms with Crippen LogP contribution < -0.4 is 16.4 Å². The Morgan fingerprint density at radius 2 is 1.13 bits per heavy atom. The molecule has 0 aromatic carbocycles. The number of nitrogens with two attached hydrogens (primary N) is 1. The monoisotopic (exact) mass is 643 g/mol. The zero-order valence-corrected chi connectivity index (χ0v) is 28.9. The first-order chi connectivity index (χ1) is 21.9. The van der Waals surface area contributed by atoms with Crippen molar-refractivity contribution in [1.29, 1.82) is 0 Å². The van der Waals surface area contributed by atoms with Gasteiger partial charge >= 0.3 is 6.03 Å². The van der Waals surface area contributed by atoms with Crippen molar-refractivity contribution >= 4 is 11.9 Å². The molecule has 1 rings (SSSR count). The number of carbonyl (C=O) groups is 2. The molecule has 266 valence electrons. The van der Waals surface area contributed by atoms with Crippen LogP contribution in [0.1, 0.15) is 155 Å². The van der Waals surface area contributed by atoms with Gasteiger partial charge in [0.05, 0.1) is 13.2 Å². The van der Waals surface area contributed by atoms with Crippen LogP contribution in [0, 0.1) is 0 Å². The molecule has 10 heteroatoms. The molecule has 0 aromatic heterocycles. The summed E-state index contributed by atoms with van der Waals surface area (Å²) >= 11 is 0. The Balaban J connectivity index is 2.62. The number of amides is 3. The molecule has 10 nitrogen and oxygen atoms in total.